The highest BCUT2D eigenvalue weighted by Crippen LogP contribution is 2.74. The summed E-state index contributed by atoms with van der Waals surface area (Å²) >= 11 is 6.18. The number of halogens is 3. The number of aliphatic hydroxyl groups is 2. The van der Waals surface area contributed by atoms with Gasteiger partial charge >= 0.3 is 5.97 Å². The van der Waals surface area contributed by atoms with Crippen LogP contribution in [0.25, 0.3) is 0 Å². The van der Waals surface area contributed by atoms with Crippen molar-refractivity contribution >= 4 is 34.9 Å². The molecule has 0 aromatic heterocycles. The van der Waals surface area contributed by atoms with Gasteiger partial charge in [-0.05, 0) is 62.7 Å². The fourth-order valence-corrected chi connectivity index (χ4v) is 9.31. The highest BCUT2D eigenvalue weighted by atomic mass is 35.5. The SMILES string of the molecule is CC(=O)C(=O)[C@@]1(CCCCC(=O)O)[C@H](C)C[C@H]2[C@@H]3C[C@H](F)C4=C(Cl)C(O)=C(O)C(=O)[C@]4(C)[C@@]3(F)CC[C@@]21C. The van der Waals surface area contributed by atoms with Crippen molar-refractivity contribution < 1.29 is 43.3 Å². The Labute approximate surface area is 225 Å². The minimum absolute atomic E-state index is 0.0845. The molecule has 0 radical (unpaired) electrons. The van der Waals surface area contributed by atoms with Crippen molar-refractivity contribution in [2.75, 3.05) is 0 Å². The fourth-order valence-electron chi connectivity index (χ4n) is 8.92. The number of carboxylic acid groups (broad SMARTS) is 1. The van der Waals surface area contributed by atoms with Crippen molar-refractivity contribution in [1.82, 2.24) is 0 Å². The van der Waals surface area contributed by atoms with Crippen molar-refractivity contribution in [3.63, 3.8) is 0 Å². The maximum Gasteiger partial charge on any atom is 0.303 e. The van der Waals surface area contributed by atoms with Gasteiger partial charge in [-0.15, -0.1) is 0 Å². The predicted octanol–water partition coefficient (Wildman–Crippen LogP) is 5.71. The molecule has 7 nitrogen and oxygen atoms in total. The van der Waals surface area contributed by atoms with Crippen molar-refractivity contribution in [3.05, 3.63) is 22.1 Å². The van der Waals surface area contributed by atoms with E-state index in [1.165, 1.54) is 13.8 Å². The largest absolute Gasteiger partial charge is 0.503 e. The number of Topliss-reactive ketones (excluding diaryl/α,β-unsaturated/α-hetero) is 3. The normalized spacial score (nSPS) is 42.4. The van der Waals surface area contributed by atoms with E-state index in [1.807, 2.05) is 13.8 Å². The van der Waals surface area contributed by atoms with Gasteiger partial charge in [0.05, 0.1) is 10.4 Å². The van der Waals surface area contributed by atoms with Crippen LogP contribution < -0.4 is 0 Å². The van der Waals surface area contributed by atoms with Gasteiger partial charge in [-0.1, -0.05) is 31.9 Å². The van der Waals surface area contributed by atoms with Crippen LogP contribution in [-0.4, -0.2) is 50.5 Å². The second-order valence-corrected chi connectivity index (χ2v) is 12.5. The molecule has 0 amide bonds. The molecule has 3 N–H and O–H groups in total. The first kappa shape index (κ1) is 28.7. The van der Waals surface area contributed by atoms with Crippen LogP contribution in [0, 0.1) is 34.0 Å². The molecule has 0 aromatic carbocycles. The summed E-state index contributed by atoms with van der Waals surface area (Å²) in [5.74, 6) is -7.30. The van der Waals surface area contributed by atoms with Crippen LogP contribution in [0.15, 0.2) is 22.1 Å². The van der Waals surface area contributed by atoms with Crippen LogP contribution >= 0.6 is 11.6 Å². The molecule has 4 rings (SSSR count). The molecule has 10 heteroatoms. The molecular formula is C28H35ClF2O7. The maximum absolute atomic E-state index is 17.5. The number of alkyl halides is 2. The zero-order valence-corrected chi connectivity index (χ0v) is 22.8. The third-order valence-electron chi connectivity index (χ3n) is 10.8. The Balaban J connectivity index is 1.82. The molecule has 210 valence electrons. The Kier molecular flexibility index (Phi) is 6.90. The minimum atomic E-state index is -2.32. The van der Waals surface area contributed by atoms with Crippen molar-refractivity contribution in [1.29, 1.82) is 0 Å². The summed E-state index contributed by atoms with van der Waals surface area (Å²) in [7, 11) is 0. The van der Waals surface area contributed by atoms with E-state index in [2.05, 4.69) is 0 Å². The van der Waals surface area contributed by atoms with E-state index in [-0.39, 0.29) is 43.6 Å². The Morgan fingerprint density at radius 1 is 1.05 bits per heavy atom. The number of hydrogen-bond donors (Lipinski definition) is 3. The standard InChI is InChI=1S/C28H35ClF2O7/c1-13-11-15-16-12-17(30)19-20(29)21(35)22(36)24(38)26(19,4)28(16,31)10-9-25(15,3)27(13,23(37)14(2)32)8-6-5-7-18(33)34/h13,15-17,35-36H,5-12H2,1-4H3,(H,33,34)/t13-,15+,16+,17+,25+,26-,27-,28-/m1/s1. The molecule has 0 aromatic rings. The minimum Gasteiger partial charge on any atom is -0.503 e. The number of carbonyl (C=O) groups excluding carboxylic acids is 3. The summed E-state index contributed by atoms with van der Waals surface area (Å²) in [4.78, 5) is 50.6. The Morgan fingerprint density at radius 3 is 2.26 bits per heavy atom. The molecule has 0 saturated heterocycles. The lowest BCUT2D eigenvalue weighted by Crippen LogP contribution is -2.66. The molecule has 0 heterocycles. The van der Waals surface area contributed by atoms with Gasteiger partial charge in [0.25, 0.3) is 0 Å². The highest BCUT2D eigenvalue weighted by Gasteiger charge is 2.76. The first-order valence-electron chi connectivity index (χ1n) is 13.2. The van der Waals surface area contributed by atoms with Gasteiger partial charge in [0.15, 0.2) is 11.5 Å². The molecular weight excluding hydrogens is 522 g/mol. The number of aliphatic carboxylic acids is 1. The monoisotopic (exact) mass is 556 g/mol. The number of carbonyl (C=O) groups is 4. The van der Waals surface area contributed by atoms with Crippen LogP contribution in [0.2, 0.25) is 0 Å². The van der Waals surface area contributed by atoms with Gasteiger partial charge in [0.1, 0.15) is 11.8 Å². The van der Waals surface area contributed by atoms with E-state index in [9.17, 15) is 29.4 Å². The molecule has 0 unspecified atom stereocenters. The summed E-state index contributed by atoms with van der Waals surface area (Å²) in [6.45, 7) is 6.11. The first-order valence-corrected chi connectivity index (χ1v) is 13.6. The van der Waals surface area contributed by atoms with Gasteiger partial charge in [0, 0.05) is 30.3 Å². The van der Waals surface area contributed by atoms with E-state index in [4.69, 9.17) is 16.7 Å². The molecule has 0 spiro atoms. The molecule has 38 heavy (non-hydrogen) atoms. The van der Waals surface area contributed by atoms with Crippen molar-refractivity contribution in [2.45, 2.75) is 90.9 Å². The molecule has 0 bridgehead atoms. The maximum atomic E-state index is 17.5. The molecule has 3 saturated carbocycles. The second-order valence-electron chi connectivity index (χ2n) is 12.2. The van der Waals surface area contributed by atoms with Crippen LogP contribution in [0.1, 0.15) is 79.1 Å². The fraction of sp³-hybridized carbons (Fsp3) is 0.714. The lowest BCUT2D eigenvalue weighted by atomic mass is 9.42. The predicted molar refractivity (Wildman–Crippen MR) is 134 cm³/mol. The van der Waals surface area contributed by atoms with Gasteiger partial charge in [-0.2, -0.15) is 0 Å². The molecule has 4 aliphatic carbocycles. The van der Waals surface area contributed by atoms with Crippen molar-refractivity contribution in [2.24, 2.45) is 34.0 Å². The number of fused-ring (bicyclic) bond motifs is 5. The van der Waals surface area contributed by atoms with Crippen LogP contribution in [0.3, 0.4) is 0 Å². The third-order valence-corrected chi connectivity index (χ3v) is 11.2. The third kappa shape index (κ3) is 3.42. The van der Waals surface area contributed by atoms with Gasteiger partial charge in [0.2, 0.25) is 17.3 Å². The Morgan fingerprint density at radius 2 is 1.68 bits per heavy atom. The zero-order valence-electron chi connectivity index (χ0n) is 22.1. The van der Waals surface area contributed by atoms with E-state index < -0.39 is 79.8 Å². The number of unbranched alkanes of at least 4 members (excludes halogenated alkanes) is 1. The highest BCUT2D eigenvalue weighted by molar-refractivity contribution is 6.38. The Hall–Kier alpha value is -2.29. The number of carboxylic acids is 1. The zero-order chi connectivity index (χ0) is 28.6. The summed E-state index contributed by atoms with van der Waals surface area (Å²) in [5, 5.41) is 29.0. The molecule has 4 aliphatic rings. The number of rotatable bonds is 7. The molecule has 3 fully saturated rings. The van der Waals surface area contributed by atoms with Gasteiger partial charge in [-0.25, -0.2) is 8.78 Å². The molecule has 0 aliphatic heterocycles. The Bertz CT molecular complexity index is 1180. The summed E-state index contributed by atoms with van der Waals surface area (Å²) in [6, 6.07) is 0. The van der Waals surface area contributed by atoms with Crippen LogP contribution in [0.5, 0.6) is 0 Å². The first-order chi connectivity index (χ1) is 17.5. The lowest BCUT2D eigenvalue weighted by molar-refractivity contribution is -0.179. The van der Waals surface area contributed by atoms with E-state index in [0.29, 0.717) is 19.3 Å². The van der Waals surface area contributed by atoms with Crippen LogP contribution in [-0.2, 0) is 19.2 Å². The number of ketones is 3. The summed E-state index contributed by atoms with van der Waals surface area (Å²) < 4.78 is 33.3. The number of hydrogen-bond acceptors (Lipinski definition) is 6. The lowest BCUT2D eigenvalue weighted by Gasteiger charge is -2.62. The quantitative estimate of drug-likeness (QED) is 0.270. The molecule has 8 atom stereocenters. The average molecular weight is 557 g/mol. The van der Waals surface area contributed by atoms with Gasteiger partial charge in [-0.3, -0.25) is 19.2 Å². The topological polar surface area (TPSA) is 129 Å². The number of allylic oxidation sites excluding steroid dienone is 3. The summed E-state index contributed by atoms with van der Waals surface area (Å²) in [6.07, 6.45) is -1.13. The van der Waals surface area contributed by atoms with Crippen LogP contribution in [0.4, 0.5) is 8.78 Å². The number of aliphatic hydroxyl groups excluding tert-OH is 2. The second kappa shape index (κ2) is 9.14. The van der Waals surface area contributed by atoms with Gasteiger partial charge < -0.3 is 15.3 Å². The van der Waals surface area contributed by atoms with Crippen molar-refractivity contribution in [3.8, 4) is 0 Å². The average Bonchev–Trinajstić information content (AvgIpc) is 3.07. The smallest absolute Gasteiger partial charge is 0.303 e. The summed E-state index contributed by atoms with van der Waals surface area (Å²) in [5.41, 5.74) is -6.92. The van der Waals surface area contributed by atoms with E-state index in [0.717, 1.165) is 0 Å². The van der Waals surface area contributed by atoms with E-state index >= 15 is 8.78 Å². The van der Waals surface area contributed by atoms with E-state index in [1.54, 1.807) is 0 Å².